The van der Waals surface area contributed by atoms with E-state index in [-0.39, 0.29) is 11.6 Å². The molecule has 1 N–H and O–H groups in total. The second-order valence-electron chi connectivity index (χ2n) is 6.74. The molecule has 144 valence electrons. The molecule has 1 aliphatic rings. The fourth-order valence-electron chi connectivity index (χ4n) is 3.39. The van der Waals surface area contributed by atoms with E-state index in [1.165, 1.54) is 12.4 Å². The van der Waals surface area contributed by atoms with Gasteiger partial charge in [-0.15, -0.1) is 0 Å². The average molecular weight is 378 g/mol. The number of ether oxygens (including phenoxy) is 1. The van der Waals surface area contributed by atoms with Crippen LogP contribution in [-0.2, 0) is 7.05 Å². The highest BCUT2D eigenvalue weighted by molar-refractivity contribution is 5.55. The van der Waals surface area contributed by atoms with Crippen molar-refractivity contribution >= 4 is 11.6 Å². The summed E-state index contributed by atoms with van der Waals surface area (Å²) in [7, 11) is 3.41. The van der Waals surface area contributed by atoms with E-state index in [9.17, 15) is 4.79 Å². The molecule has 28 heavy (non-hydrogen) atoms. The normalized spacial score (nSPS) is 16.2. The first-order valence-electron chi connectivity index (χ1n) is 9.14. The minimum Gasteiger partial charge on any atom is -0.497 e. The third kappa shape index (κ3) is 3.66. The first-order chi connectivity index (χ1) is 13.6. The molecule has 0 saturated carbocycles. The number of aromatic nitrogens is 4. The Morgan fingerprint density at radius 2 is 2.11 bits per heavy atom. The summed E-state index contributed by atoms with van der Waals surface area (Å²) in [6.07, 6.45) is 4.05. The lowest BCUT2D eigenvalue weighted by Crippen LogP contribution is -2.32. The van der Waals surface area contributed by atoms with Crippen LogP contribution in [0, 0.1) is 0 Å². The van der Waals surface area contributed by atoms with E-state index in [0.29, 0.717) is 17.3 Å². The predicted octanol–water partition coefficient (Wildman–Crippen LogP) is 1.94. The van der Waals surface area contributed by atoms with Crippen molar-refractivity contribution in [3.63, 3.8) is 0 Å². The molecule has 4 rings (SSSR count). The molecule has 0 unspecified atom stereocenters. The Morgan fingerprint density at radius 1 is 1.21 bits per heavy atom. The van der Waals surface area contributed by atoms with Crippen LogP contribution in [0.5, 0.6) is 5.75 Å². The Labute approximate surface area is 162 Å². The van der Waals surface area contributed by atoms with Gasteiger partial charge in [0, 0.05) is 50.2 Å². The second-order valence-corrected chi connectivity index (χ2v) is 6.74. The van der Waals surface area contributed by atoms with Gasteiger partial charge in [-0.25, -0.2) is 15.0 Å². The van der Waals surface area contributed by atoms with Crippen LogP contribution in [0.25, 0.3) is 11.4 Å². The molecule has 2 aromatic heterocycles. The zero-order valence-electron chi connectivity index (χ0n) is 15.9. The maximum absolute atomic E-state index is 12.5. The van der Waals surface area contributed by atoms with E-state index >= 15 is 0 Å². The monoisotopic (exact) mass is 378 g/mol. The molecule has 1 aliphatic heterocycles. The standard InChI is InChI=1S/C20H22N6O2/c1-25-19(27)11-18(17-6-8-21-13-22-17)24-20(25)26-9-7-15(12-26)23-14-4-3-5-16(10-14)28-2/h3-6,8,10-11,13,15,23H,7,9,12H2,1-2H3/t15-/m0/s1. The number of benzene rings is 1. The molecule has 0 radical (unpaired) electrons. The minimum atomic E-state index is -0.109. The number of nitrogens with one attached hydrogen (secondary N) is 1. The van der Waals surface area contributed by atoms with Crippen molar-refractivity contribution in [2.24, 2.45) is 7.05 Å². The van der Waals surface area contributed by atoms with Gasteiger partial charge in [0.25, 0.3) is 5.56 Å². The van der Waals surface area contributed by atoms with Crippen LogP contribution in [0.15, 0.2) is 53.7 Å². The molecular formula is C20H22N6O2. The molecule has 1 fully saturated rings. The predicted molar refractivity (Wildman–Crippen MR) is 108 cm³/mol. The number of anilines is 2. The van der Waals surface area contributed by atoms with E-state index in [4.69, 9.17) is 9.72 Å². The maximum atomic E-state index is 12.5. The molecule has 0 spiro atoms. The van der Waals surface area contributed by atoms with Crippen molar-refractivity contribution in [3.05, 3.63) is 59.3 Å². The molecule has 3 aromatic rings. The summed E-state index contributed by atoms with van der Waals surface area (Å²) in [5.74, 6) is 1.47. The van der Waals surface area contributed by atoms with Crippen molar-refractivity contribution in [1.29, 1.82) is 0 Å². The third-order valence-electron chi connectivity index (χ3n) is 4.87. The lowest BCUT2D eigenvalue weighted by molar-refractivity contribution is 0.415. The molecule has 0 amide bonds. The number of rotatable bonds is 5. The van der Waals surface area contributed by atoms with Gasteiger partial charge in [-0.2, -0.15) is 0 Å². The van der Waals surface area contributed by atoms with Crippen molar-refractivity contribution in [1.82, 2.24) is 19.5 Å². The van der Waals surface area contributed by atoms with Gasteiger partial charge < -0.3 is 15.0 Å². The Bertz CT molecular complexity index is 1020. The first-order valence-corrected chi connectivity index (χ1v) is 9.14. The topological polar surface area (TPSA) is 85.2 Å². The zero-order valence-corrected chi connectivity index (χ0v) is 15.9. The number of hydrogen-bond donors (Lipinski definition) is 1. The Kier molecular flexibility index (Phi) is 4.92. The molecule has 8 nitrogen and oxygen atoms in total. The number of hydrogen-bond acceptors (Lipinski definition) is 7. The van der Waals surface area contributed by atoms with Gasteiger partial charge in [-0.1, -0.05) is 6.07 Å². The van der Waals surface area contributed by atoms with Crippen molar-refractivity contribution in [2.45, 2.75) is 12.5 Å². The van der Waals surface area contributed by atoms with Gasteiger partial charge in [-0.05, 0) is 24.6 Å². The van der Waals surface area contributed by atoms with Crippen molar-refractivity contribution in [2.75, 3.05) is 30.4 Å². The summed E-state index contributed by atoms with van der Waals surface area (Å²) in [5.41, 5.74) is 2.11. The van der Waals surface area contributed by atoms with E-state index < -0.39 is 0 Å². The summed E-state index contributed by atoms with van der Waals surface area (Å²) in [4.78, 5) is 27.4. The van der Waals surface area contributed by atoms with Gasteiger partial charge in [0.1, 0.15) is 12.1 Å². The SMILES string of the molecule is COc1cccc(N[C@H]2CCN(c3nc(-c4ccncn4)cc(=O)n3C)C2)c1. The largest absolute Gasteiger partial charge is 0.497 e. The molecule has 0 aliphatic carbocycles. The highest BCUT2D eigenvalue weighted by Gasteiger charge is 2.26. The average Bonchev–Trinajstić information content (AvgIpc) is 3.19. The highest BCUT2D eigenvalue weighted by atomic mass is 16.5. The van der Waals surface area contributed by atoms with Gasteiger partial charge >= 0.3 is 0 Å². The molecule has 1 aromatic carbocycles. The van der Waals surface area contributed by atoms with Crippen LogP contribution in [0.3, 0.4) is 0 Å². The minimum absolute atomic E-state index is 0.109. The third-order valence-corrected chi connectivity index (χ3v) is 4.87. The molecule has 8 heteroatoms. The summed E-state index contributed by atoms with van der Waals surface area (Å²) < 4.78 is 6.87. The van der Waals surface area contributed by atoms with E-state index in [1.54, 1.807) is 31.0 Å². The van der Waals surface area contributed by atoms with Gasteiger partial charge in [-0.3, -0.25) is 9.36 Å². The number of methoxy groups -OCH3 is 1. The Balaban J connectivity index is 1.55. The lowest BCUT2D eigenvalue weighted by Gasteiger charge is -2.21. The zero-order chi connectivity index (χ0) is 19.5. The fourth-order valence-corrected chi connectivity index (χ4v) is 3.39. The van der Waals surface area contributed by atoms with Crippen LogP contribution in [-0.4, -0.2) is 45.8 Å². The van der Waals surface area contributed by atoms with Crippen LogP contribution in [0.2, 0.25) is 0 Å². The summed E-state index contributed by atoms with van der Waals surface area (Å²) >= 11 is 0. The highest BCUT2D eigenvalue weighted by Crippen LogP contribution is 2.23. The maximum Gasteiger partial charge on any atom is 0.255 e. The van der Waals surface area contributed by atoms with Gasteiger partial charge in [0.15, 0.2) is 0 Å². The lowest BCUT2D eigenvalue weighted by atomic mass is 10.2. The fraction of sp³-hybridized carbons (Fsp3) is 0.300. The molecular weight excluding hydrogens is 356 g/mol. The van der Waals surface area contributed by atoms with Gasteiger partial charge in [0.05, 0.1) is 18.5 Å². The first kappa shape index (κ1) is 18.0. The smallest absolute Gasteiger partial charge is 0.255 e. The van der Waals surface area contributed by atoms with Crippen LogP contribution in [0.1, 0.15) is 6.42 Å². The molecule has 1 atom stereocenters. The Morgan fingerprint density at radius 3 is 2.89 bits per heavy atom. The molecule has 1 saturated heterocycles. The van der Waals surface area contributed by atoms with E-state index in [0.717, 1.165) is 30.9 Å². The van der Waals surface area contributed by atoms with Crippen LogP contribution in [0.4, 0.5) is 11.6 Å². The van der Waals surface area contributed by atoms with E-state index in [2.05, 4.69) is 20.2 Å². The summed E-state index contributed by atoms with van der Waals surface area (Å²) in [6, 6.07) is 11.4. The summed E-state index contributed by atoms with van der Waals surface area (Å²) in [5, 5.41) is 3.54. The number of nitrogens with zero attached hydrogens (tertiary/aromatic N) is 5. The van der Waals surface area contributed by atoms with Gasteiger partial charge in [0.2, 0.25) is 5.95 Å². The van der Waals surface area contributed by atoms with Crippen molar-refractivity contribution < 1.29 is 4.74 Å². The molecule has 0 bridgehead atoms. The second kappa shape index (κ2) is 7.67. The van der Waals surface area contributed by atoms with E-state index in [1.807, 2.05) is 24.3 Å². The summed E-state index contributed by atoms with van der Waals surface area (Å²) in [6.45, 7) is 1.57. The quantitative estimate of drug-likeness (QED) is 0.726. The van der Waals surface area contributed by atoms with Crippen molar-refractivity contribution in [3.8, 4) is 17.1 Å². The van der Waals surface area contributed by atoms with Crippen LogP contribution >= 0.6 is 0 Å². The molecule has 3 heterocycles. The Hall–Kier alpha value is -3.42. The van der Waals surface area contributed by atoms with Crippen LogP contribution < -0.4 is 20.5 Å².